The largest absolute Gasteiger partial charge is 0.252 e. The number of hydrogen-bond donors (Lipinski definition) is 1. The van der Waals surface area contributed by atoms with Gasteiger partial charge in [0.25, 0.3) is 0 Å². The first-order chi connectivity index (χ1) is 6.72. The third-order valence-corrected chi connectivity index (χ3v) is 4.63. The van der Waals surface area contributed by atoms with Gasteiger partial charge in [-0.25, -0.2) is 0 Å². The first kappa shape index (κ1) is 9.17. The molecule has 2 heteroatoms. The molecule has 2 nitrogen and oxygen atoms in total. The minimum atomic E-state index is 0.804. The van der Waals surface area contributed by atoms with Crippen molar-refractivity contribution in [3.05, 3.63) is 0 Å². The van der Waals surface area contributed by atoms with Crippen LogP contribution in [-0.2, 0) is 0 Å². The quantitative estimate of drug-likeness (QED) is 0.675. The van der Waals surface area contributed by atoms with Gasteiger partial charge < -0.3 is 0 Å². The fourth-order valence-corrected chi connectivity index (χ4v) is 4.43. The maximum atomic E-state index is 3.66. The molecule has 1 N–H and O–H groups in total. The molecule has 14 heavy (non-hydrogen) atoms. The maximum Gasteiger partial charge on any atom is 0.0271 e. The average Bonchev–Trinajstić information content (AvgIpc) is 2.09. The van der Waals surface area contributed by atoms with Crippen LogP contribution in [0.3, 0.4) is 0 Å². The second-order valence-corrected chi connectivity index (χ2v) is 5.98. The van der Waals surface area contributed by atoms with E-state index in [1.165, 1.54) is 25.7 Å². The normalized spacial score (nSPS) is 50.4. The molecule has 4 bridgehead atoms. The third kappa shape index (κ3) is 1.40. The lowest BCUT2D eigenvalue weighted by molar-refractivity contribution is -0.0348. The smallest absolute Gasteiger partial charge is 0.0271 e. The van der Waals surface area contributed by atoms with Crippen molar-refractivity contribution < 1.29 is 0 Å². The van der Waals surface area contributed by atoms with E-state index in [1.807, 2.05) is 0 Å². The molecule has 80 valence electrons. The van der Waals surface area contributed by atoms with E-state index in [0.717, 1.165) is 29.7 Å². The Morgan fingerprint density at radius 3 is 1.79 bits per heavy atom. The van der Waals surface area contributed by atoms with Gasteiger partial charge in [0.15, 0.2) is 0 Å². The zero-order valence-electron chi connectivity index (χ0n) is 9.37. The minimum absolute atomic E-state index is 0.804. The van der Waals surface area contributed by atoms with Crippen LogP contribution in [0.4, 0.5) is 0 Å². The molecule has 0 aliphatic heterocycles. The number of nitrogens with one attached hydrogen (secondary N) is 1. The topological polar surface area (TPSA) is 15.3 Å². The summed E-state index contributed by atoms with van der Waals surface area (Å²) in [5.41, 5.74) is 3.66. The molecule has 0 unspecified atom stereocenters. The number of nitrogens with zero attached hydrogens (tertiary/aromatic N) is 1. The van der Waals surface area contributed by atoms with Crippen molar-refractivity contribution in [3.63, 3.8) is 0 Å². The van der Waals surface area contributed by atoms with E-state index in [2.05, 4.69) is 24.5 Å². The molecule has 4 saturated carbocycles. The van der Waals surface area contributed by atoms with Crippen LogP contribution in [0.1, 0.15) is 32.1 Å². The molecule has 4 aliphatic carbocycles. The van der Waals surface area contributed by atoms with Crippen molar-refractivity contribution in [2.24, 2.45) is 23.7 Å². The van der Waals surface area contributed by atoms with Crippen LogP contribution in [0.2, 0.25) is 0 Å². The summed E-state index contributed by atoms with van der Waals surface area (Å²) >= 11 is 0. The first-order valence-corrected chi connectivity index (χ1v) is 6.16. The van der Waals surface area contributed by atoms with Gasteiger partial charge in [0.05, 0.1) is 0 Å². The summed E-state index contributed by atoms with van der Waals surface area (Å²) in [6, 6.07) is 0.804. The Kier molecular flexibility index (Phi) is 2.10. The highest BCUT2D eigenvalue weighted by molar-refractivity contribution is 5.00. The lowest BCUT2D eigenvalue weighted by Gasteiger charge is -2.55. The Bertz CT molecular complexity index is 196. The second-order valence-electron chi connectivity index (χ2n) is 5.98. The van der Waals surface area contributed by atoms with Gasteiger partial charge in [-0.3, -0.25) is 10.4 Å². The van der Waals surface area contributed by atoms with E-state index in [1.54, 1.807) is 6.42 Å². The van der Waals surface area contributed by atoms with Crippen molar-refractivity contribution in [1.82, 2.24) is 10.4 Å². The molecule has 0 atom stereocenters. The van der Waals surface area contributed by atoms with E-state index in [0.29, 0.717) is 0 Å². The number of rotatable bonds is 2. The molecule has 0 aromatic heterocycles. The highest BCUT2D eigenvalue weighted by Crippen LogP contribution is 2.53. The lowest BCUT2D eigenvalue weighted by Crippen LogP contribution is -2.57. The van der Waals surface area contributed by atoms with Crippen LogP contribution in [0.5, 0.6) is 0 Å². The first-order valence-electron chi connectivity index (χ1n) is 6.16. The van der Waals surface area contributed by atoms with E-state index in [4.69, 9.17) is 0 Å². The zero-order valence-corrected chi connectivity index (χ0v) is 9.37. The second kappa shape index (κ2) is 3.21. The highest BCUT2D eigenvalue weighted by atomic mass is 15.5. The number of hydrogen-bond acceptors (Lipinski definition) is 2. The Hall–Kier alpha value is -0.0800. The van der Waals surface area contributed by atoms with Gasteiger partial charge in [0, 0.05) is 20.1 Å². The Morgan fingerprint density at radius 1 is 0.857 bits per heavy atom. The van der Waals surface area contributed by atoms with Crippen molar-refractivity contribution in [3.8, 4) is 0 Å². The van der Waals surface area contributed by atoms with Crippen molar-refractivity contribution >= 4 is 0 Å². The molecule has 0 spiro atoms. The van der Waals surface area contributed by atoms with Gasteiger partial charge >= 0.3 is 0 Å². The van der Waals surface area contributed by atoms with Crippen LogP contribution in [0.15, 0.2) is 0 Å². The summed E-state index contributed by atoms with van der Waals surface area (Å²) < 4.78 is 0. The van der Waals surface area contributed by atoms with E-state index in [-0.39, 0.29) is 0 Å². The fourth-order valence-electron chi connectivity index (χ4n) is 4.43. The van der Waals surface area contributed by atoms with Gasteiger partial charge in [-0.15, -0.1) is 0 Å². The Labute approximate surface area is 87.0 Å². The molecule has 0 saturated heterocycles. The minimum Gasteiger partial charge on any atom is -0.252 e. The highest BCUT2D eigenvalue weighted by Gasteiger charge is 2.48. The van der Waals surface area contributed by atoms with Gasteiger partial charge in [-0.05, 0) is 55.8 Å². The monoisotopic (exact) mass is 194 g/mol. The van der Waals surface area contributed by atoms with Crippen LogP contribution >= 0.6 is 0 Å². The molecule has 0 heterocycles. The summed E-state index contributed by atoms with van der Waals surface area (Å²) in [5, 5.41) is 2.16. The molecule has 0 aromatic rings. The maximum absolute atomic E-state index is 3.66. The van der Waals surface area contributed by atoms with Gasteiger partial charge in [0.1, 0.15) is 0 Å². The van der Waals surface area contributed by atoms with E-state index in [9.17, 15) is 0 Å². The van der Waals surface area contributed by atoms with Crippen molar-refractivity contribution in [2.75, 3.05) is 14.1 Å². The predicted molar refractivity (Wildman–Crippen MR) is 57.7 cm³/mol. The fraction of sp³-hybridized carbons (Fsp3) is 1.00. The predicted octanol–water partition coefficient (Wildman–Crippen LogP) is 1.88. The molecule has 0 aromatic carbocycles. The SMILES string of the molecule is CN(C)NC1C2CC3CC(C2)CC1C3. The van der Waals surface area contributed by atoms with Gasteiger partial charge in [-0.1, -0.05) is 0 Å². The molecule has 4 aliphatic rings. The Balaban J connectivity index is 1.74. The van der Waals surface area contributed by atoms with Crippen LogP contribution in [0, 0.1) is 23.7 Å². The summed E-state index contributed by atoms with van der Waals surface area (Å²) in [4.78, 5) is 0. The summed E-state index contributed by atoms with van der Waals surface area (Å²) in [6.07, 6.45) is 7.61. The summed E-state index contributed by atoms with van der Waals surface area (Å²) in [5.74, 6) is 4.18. The van der Waals surface area contributed by atoms with Gasteiger partial charge in [0.2, 0.25) is 0 Å². The number of hydrazine groups is 1. The summed E-state index contributed by atoms with van der Waals surface area (Å²) in [6.45, 7) is 0. The average molecular weight is 194 g/mol. The molecule has 4 rings (SSSR count). The van der Waals surface area contributed by atoms with E-state index >= 15 is 0 Å². The van der Waals surface area contributed by atoms with Crippen LogP contribution < -0.4 is 5.43 Å². The molecule has 0 amide bonds. The molecular formula is C12H22N2. The van der Waals surface area contributed by atoms with Gasteiger partial charge in [-0.2, -0.15) is 0 Å². The Morgan fingerprint density at radius 2 is 1.36 bits per heavy atom. The standard InChI is InChI=1S/C12H22N2/c1-14(2)13-12-10-4-8-3-9(6-10)7-11(12)5-8/h8-13H,3-7H2,1-2H3. The molecule has 4 fully saturated rings. The van der Waals surface area contributed by atoms with Crippen molar-refractivity contribution in [1.29, 1.82) is 0 Å². The molecular weight excluding hydrogens is 172 g/mol. The van der Waals surface area contributed by atoms with Crippen LogP contribution in [-0.4, -0.2) is 25.1 Å². The molecule has 0 radical (unpaired) electrons. The van der Waals surface area contributed by atoms with E-state index < -0.39 is 0 Å². The lowest BCUT2D eigenvalue weighted by atomic mass is 9.54. The third-order valence-electron chi connectivity index (χ3n) is 4.63. The zero-order chi connectivity index (χ0) is 9.71. The van der Waals surface area contributed by atoms with Crippen molar-refractivity contribution in [2.45, 2.75) is 38.1 Å². The van der Waals surface area contributed by atoms with Crippen LogP contribution in [0.25, 0.3) is 0 Å². The summed E-state index contributed by atoms with van der Waals surface area (Å²) in [7, 11) is 4.26.